The second-order valence-corrected chi connectivity index (χ2v) is 7.45. The molecule has 1 heterocycles. The molecular weight excluding hydrogens is 410 g/mol. The van der Waals surface area contributed by atoms with Gasteiger partial charge in [-0.25, -0.2) is 0 Å². The summed E-state index contributed by atoms with van der Waals surface area (Å²) in [5.74, 6) is 1.72. The Morgan fingerprint density at radius 1 is 1.17 bits per heavy atom. The van der Waals surface area contributed by atoms with Crippen LogP contribution in [0.5, 0.6) is 5.75 Å². The first-order valence-electron chi connectivity index (χ1n) is 9.07. The maximum Gasteiger partial charge on any atom is 0.234 e. The van der Waals surface area contributed by atoms with E-state index < -0.39 is 0 Å². The van der Waals surface area contributed by atoms with E-state index in [4.69, 9.17) is 16.3 Å². The van der Waals surface area contributed by atoms with Crippen molar-refractivity contribution in [2.45, 2.75) is 25.2 Å². The standard InChI is InChI=1S/C20H22ClN5O2S/c1-3-26-18(12-22-15-7-9-17(28-2)10-8-15)24-25-20(26)29-13-19(27)23-16-6-4-5-14(21)11-16/h4-11,22H,3,12-13H2,1-2H3,(H,23,27). The van der Waals surface area contributed by atoms with E-state index in [0.717, 1.165) is 17.3 Å². The number of halogens is 1. The fraction of sp³-hybridized carbons (Fsp3) is 0.250. The summed E-state index contributed by atoms with van der Waals surface area (Å²) >= 11 is 7.29. The van der Waals surface area contributed by atoms with Crippen LogP contribution >= 0.6 is 23.4 Å². The van der Waals surface area contributed by atoms with Crippen LogP contribution in [0.1, 0.15) is 12.7 Å². The number of rotatable bonds is 9. The Bertz CT molecular complexity index is 962. The summed E-state index contributed by atoms with van der Waals surface area (Å²) in [7, 11) is 1.64. The molecule has 0 aliphatic carbocycles. The summed E-state index contributed by atoms with van der Waals surface area (Å²) in [6.45, 7) is 3.27. The van der Waals surface area contributed by atoms with E-state index in [1.165, 1.54) is 11.8 Å². The molecule has 2 aromatic carbocycles. The zero-order chi connectivity index (χ0) is 20.6. The van der Waals surface area contributed by atoms with Gasteiger partial charge in [0.2, 0.25) is 5.91 Å². The summed E-state index contributed by atoms with van der Waals surface area (Å²) in [6, 6.07) is 14.7. The van der Waals surface area contributed by atoms with Gasteiger partial charge in [-0.05, 0) is 49.4 Å². The van der Waals surface area contributed by atoms with E-state index in [9.17, 15) is 4.79 Å². The zero-order valence-electron chi connectivity index (χ0n) is 16.2. The van der Waals surface area contributed by atoms with Crippen molar-refractivity contribution in [2.75, 3.05) is 23.5 Å². The quantitative estimate of drug-likeness (QED) is 0.491. The number of ether oxygens (including phenoxy) is 1. The highest BCUT2D eigenvalue weighted by Gasteiger charge is 2.13. The lowest BCUT2D eigenvalue weighted by molar-refractivity contribution is -0.113. The lowest BCUT2D eigenvalue weighted by Crippen LogP contribution is -2.15. The number of hydrogen-bond acceptors (Lipinski definition) is 6. The number of hydrogen-bond donors (Lipinski definition) is 2. The molecule has 9 heteroatoms. The van der Waals surface area contributed by atoms with Gasteiger partial charge in [-0.3, -0.25) is 4.79 Å². The van der Waals surface area contributed by atoms with Gasteiger partial charge < -0.3 is 19.9 Å². The van der Waals surface area contributed by atoms with Crippen LogP contribution in [-0.2, 0) is 17.9 Å². The average Bonchev–Trinajstić information content (AvgIpc) is 3.13. The maximum absolute atomic E-state index is 12.2. The number of nitrogens with zero attached hydrogens (tertiary/aromatic N) is 3. The van der Waals surface area contributed by atoms with Gasteiger partial charge in [0, 0.05) is 22.9 Å². The third-order valence-electron chi connectivity index (χ3n) is 4.09. The molecule has 0 radical (unpaired) electrons. The summed E-state index contributed by atoms with van der Waals surface area (Å²) in [4.78, 5) is 12.2. The SMILES string of the molecule is CCn1c(CNc2ccc(OC)cc2)nnc1SCC(=O)Nc1cccc(Cl)c1. The first-order valence-corrected chi connectivity index (χ1v) is 10.4. The molecule has 0 aliphatic rings. The molecule has 0 saturated heterocycles. The minimum atomic E-state index is -0.124. The summed E-state index contributed by atoms with van der Waals surface area (Å²) in [6.07, 6.45) is 0. The van der Waals surface area contributed by atoms with Crippen molar-refractivity contribution < 1.29 is 9.53 Å². The molecule has 152 valence electrons. The molecule has 0 bridgehead atoms. The number of anilines is 2. The number of carbonyl (C=O) groups is 1. The Morgan fingerprint density at radius 3 is 2.66 bits per heavy atom. The van der Waals surface area contributed by atoms with Crippen molar-refractivity contribution in [3.8, 4) is 5.75 Å². The van der Waals surface area contributed by atoms with Crippen molar-refractivity contribution in [1.82, 2.24) is 14.8 Å². The van der Waals surface area contributed by atoms with Crippen molar-refractivity contribution in [3.63, 3.8) is 0 Å². The molecule has 3 aromatic rings. The first-order chi connectivity index (χ1) is 14.1. The summed E-state index contributed by atoms with van der Waals surface area (Å²) in [5, 5.41) is 15.9. The number of methoxy groups -OCH3 is 1. The van der Waals surface area contributed by atoms with Crippen LogP contribution in [-0.4, -0.2) is 33.5 Å². The van der Waals surface area contributed by atoms with Gasteiger partial charge in [0.1, 0.15) is 5.75 Å². The third-order valence-corrected chi connectivity index (χ3v) is 5.29. The van der Waals surface area contributed by atoms with E-state index >= 15 is 0 Å². The smallest absolute Gasteiger partial charge is 0.234 e. The molecule has 0 spiro atoms. The lowest BCUT2D eigenvalue weighted by atomic mass is 10.3. The third kappa shape index (κ3) is 5.88. The number of amides is 1. The molecule has 0 aliphatic heterocycles. The number of benzene rings is 2. The minimum absolute atomic E-state index is 0.124. The van der Waals surface area contributed by atoms with E-state index in [1.807, 2.05) is 35.8 Å². The molecule has 29 heavy (non-hydrogen) atoms. The highest BCUT2D eigenvalue weighted by atomic mass is 35.5. The van der Waals surface area contributed by atoms with Gasteiger partial charge in [0.05, 0.1) is 19.4 Å². The Labute approximate surface area is 178 Å². The van der Waals surface area contributed by atoms with Gasteiger partial charge in [-0.15, -0.1) is 10.2 Å². The molecule has 2 N–H and O–H groups in total. The van der Waals surface area contributed by atoms with E-state index in [1.54, 1.807) is 31.4 Å². The highest BCUT2D eigenvalue weighted by molar-refractivity contribution is 7.99. The predicted molar refractivity (Wildman–Crippen MR) is 117 cm³/mol. The topological polar surface area (TPSA) is 81.1 Å². The monoisotopic (exact) mass is 431 g/mol. The van der Waals surface area contributed by atoms with Gasteiger partial charge in [-0.1, -0.05) is 29.4 Å². The summed E-state index contributed by atoms with van der Waals surface area (Å²) in [5.41, 5.74) is 1.64. The molecule has 1 aromatic heterocycles. The van der Waals surface area contributed by atoms with E-state index in [0.29, 0.717) is 29.0 Å². The largest absolute Gasteiger partial charge is 0.497 e. The second kappa shape index (κ2) is 10.2. The van der Waals surface area contributed by atoms with Crippen LogP contribution < -0.4 is 15.4 Å². The number of nitrogens with one attached hydrogen (secondary N) is 2. The Balaban J connectivity index is 1.56. The molecule has 3 rings (SSSR count). The average molecular weight is 432 g/mol. The zero-order valence-corrected chi connectivity index (χ0v) is 17.8. The van der Waals surface area contributed by atoms with Crippen molar-refractivity contribution >= 4 is 40.6 Å². The van der Waals surface area contributed by atoms with Crippen LogP contribution in [0.15, 0.2) is 53.7 Å². The van der Waals surface area contributed by atoms with Crippen molar-refractivity contribution in [2.24, 2.45) is 0 Å². The Hall–Kier alpha value is -2.71. The molecule has 1 amide bonds. The minimum Gasteiger partial charge on any atom is -0.497 e. The van der Waals surface area contributed by atoms with Crippen molar-refractivity contribution in [1.29, 1.82) is 0 Å². The van der Waals surface area contributed by atoms with Gasteiger partial charge >= 0.3 is 0 Å². The number of aromatic nitrogens is 3. The maximum atomic E-state index is 12.2. The van der Waals surface area contributed by atoms with Crippen molar-refractivity contribution in [3.05, 3.63) is 59.4 Å². The van der Waals surface area contributed by atoms with Gasteiger partial charge in [0.25, 0.3) is 0 Å². The van der Waals surface area contributed by atoms with Crippen LogP contribution in [0, 0.1) is 0 Å². The Kier molecular flexibility index (Phi) is 7.37. The molecule has 0 atom stereocenters. The van der Waals surface area contributed by atoms with Crippen LogP contribution in [0.4, 0.5) is 11.4 Å². The number of thioether (sulfide) groups is 1. The fourth-order valence-corrected chi connectivity index (χ4v) is 3.67. The molecule has 7 nitrogen and oxygen atoms in total. The first kappa shape index (κ1) is 21.0. The molecule has 0 unspecified atom stereocenters. The predicted octanol–water partition coefficient (Wildman–Crippen LogP) is 4.30. The lowest BCUT2D eigenvalue weighted by Gasteiger charge is -2.10. The van der Waals surface area contributed by atoms with E-state index in [-0.39, 0.29) is 11.7 Å². The molecule has 0 saturated carbocycles. The molecule has 0 fully saturated rings. The normalized spacial score (nSPS) is 10.6. The number of carbonyl (C=O) groups excluding carboxylic acids is 1. The van der Waals surface area contributed by atoms with E-state index in [2.05, 4.69) is 20.8 Å². The van der Waals surface area contributed by atoms with Gasteiger partial charge in [0.15, 0.2) is 11.0 Å². The molecular formula is C20H22ClN5O2S. The summed E-state index contributed by atoms with van der Waals surface area (Å²) < 4.78 is 7.16. The van der Waals surface area contributed by atoms with Gasteiger partial charge in [-0.2, -0.15) is 0 Å². The second-order valence-electron chi connectivity index (χ2n) is 6.07. The van der Waals surface area contributed by atoms with Crippen LogP contribution in [0.25, 0.3) is 0 Å². The van der Waals surface area contributed by atoms with Crippen LogP contribution in [0.3, 0.4) is 0 Å². The fourth-order valence-electron chi connectivity index (χ4n) is 2.66. The highest BCUT2D eigenvalue weighted by Crippen LogP contribution is 2.20. The Morgan fingerprint density at radius 2 is 1.97 bits per heavy atom. The van der Waals surface area contributed by atoms with Crippen LogP contribution in [0.2, 0.25) is 5.02 Å².